The van der Waals surface area contributed by atoms with E-state index < -0.39 is 4.92 Å². The highest BCUT2D eigenvalue weighted by atomic mass is 79.9. The van der Waals surface area contributed by atoms with Gasteiger partial charge >= 0.3 is 0 Å². The van der Waals surface area contributed by atoms with Crippen LogP contribution in [0.5, 0.6) is 11.6 Å². The van der Waals surface area contributed by atoms with Crippen LogP contribution in [0.25, 0.3) is 0 Å². The number of benzene rings is 1. The van der Waals surface area contributed by atoms with Gasteiger partial charge in [-0.1, -0.05) is 0 Å². The minimum atomic E-state index is -0.498. The second-order valence-corrected chi connectivity index (χ2v) is 5.10. The molecule has 0 aliphatic carbocycles. The number of halogens is 2. The standard InChI is InChI=1S/C10H6Br2N4O3/c11-6-3-5(16(17)18)4-7(12)10(6)19-9-2-1-8(13)14-15-9/h1-4H,(H2,13,14). The van der Waals surface area contributed by atoms with Gasteiger partial charge in [-0.15, -0.1) is 10.2 Å². The van der Waals surface area contributed by atoms with Crippen molar-refractivity contribution in [1.82, 2.24) is 10.2 Å². The zero-order valence-electron chi connectivity index (χ0n) is 9.21. The van der Waals surface area contributed by atoms with Crippen molar-refractivity contribution >= 4 is 43.4 Å². The van der Waals surface area contributed by atoms with Crippen molar-refractivity contribution in [3.8, 4) is 11.6 Å². The maximum atomic E-state index is 10.7. The second-order valence-electron chi connectivity index (χ2n) is 3.39. The van der Waals surface area contributed by atoms with Gasteiger partial charge in [-0.3, -0.25) is 10.1 Å². The summed E-state index contributed by atoms with van der Waals surface area (Å²) in [6.07, 6.45) is 0. The molecule has 2 rings (SSSR count). The Kier molecular flexibility index (Phi) is 3.96. The minimum Gasteiger partial charge on any atom is -0.435 e. The van der Waals surface area contributed by atoms with E-state index in [1.807, 2.05) is 0 Å². The average Bonchev–Trinajstić information content (AvgIpc) is 2.35. The summed E-state index contributed by atoms with van der Waals surface area (Å²) in [5, 5.41) is 18.1. The van der Waals surface area contributed by atoms with Crippen LogP contribution in [-0.2, 0) is 0 Å². The average molecular weight is 390 g/mol. The molecular formula is C10H6Br2N4O3. The van der Waals surface area contributed by atoms with E-state index in [0.29, 0.717) is 14.7 Å². The molecule has 0 spiro atoms. The molecule has 2 aromatic rings. The second kappa shape index (κ2) is 5.49. The number of non-ortho nitro benzene ring substituents is 1. The number of ether oxygens (including phenoxy) is 1. The first-order chi connectivity index (χ1) is 8.97. The molecule has 0 amide bonds. The summed E-state index contributed by atoms with van der Waals surface area (Å²) in [6.45, 7) is 0. The fraction of sp³-hybridized carbons (Fsp3) is 0. The lowest BCUT2D eigenvalue weighted by molar-refractivity contribution is -0.385. The summed E-state index contributed by atoms with van der Waals surface area (Å²) >= 11 is 6.41. The maximum absolute atomic E-state index is 10.7. The van der Waals surface area contributed by atoms with Gasteiger partial charge < -0.3 is 10.5 Å². The summed E-state index contributed by atoms with van der Waals surface area (Å²) < 4.78 is 6.33. The van der Waals surface area contributed by atoms with Gasteiger partial charge in [0, 0.05) is 18.2 Å². The first kappa shape index (κ1) is 13.7. The van der Waals surface area contributed by atoms with Gasteiger partial charge in [-0.05, 0) is 37.9 Å². The van der Waals surface area contributed by atoms with Gasteiger partial charge in [0.05, 0.1) is 13.9 Å². The fourth-order valence-corrected chi connectivity index (χ4v) is 2.56. The maximum Gasteiger partial charge on any atom is 0.271 e. The van der Waals surface area contributed by atoms with Crippen LogP contribution in [0.15, 0.2) is 33.2 Å². The van der Waals surface area contributed by atoms with E-state index >= 15 is 0 Å². The Labute approximate surface area is 124 Å². The highest BCUT2D eigenvalue weighted by molar-refractivity contribution is 9.11. The molecule has 1 heterocycles. The molecule has 0 radical (unpaired) electrons. The fourth-order valence-electron chi connectivity index (χ4n) is 1.24. The molecule has 9 heteroatoms. The number of aromatic nitrogens is 2. The normalized spacial score (nSPS) is 10.2. The van der Waals surface area contributed by atoms with E-state index in [1.54, 1.807) is 6.07 Å². The Morgan fingerprint density at radius 1 is 1.21 bits per heavy atom. The molecule has 0 saturated heterocycles. The van der Waals surface area contributed by atoms with Crippen molar-refractivity contribution in [2.45, 2.75) is 0 Å². The van der Waals surface area contributed by atoms with Gasteiger partial charge in [0.2, 0.25) is 5.88 Å². The zero-order valence-corrected chi connectivity index (χ0v) is 12.4. The van der Waals surface area contributed by atoms with E-state index in [4.69, 9.17) is 10.5 Å². The SMILES string of the molecule is Nc1ccc(Oc2c(Br)cc([N+](=O)[O-])cc2Br)nn1. The number of anilines is 1. The van der Waals surface area contributed by atoms with Crippen LogP contribution in [0.2, 0.25) is 0 Å². The van der Waals surface area contributed by atoms with Gasteiger partial charge in [0.25, 0.3) is 5.69 Å². The summed E-state index contributed by atoms with van der Waals surface area (Å²) in [4.78, 5) is 10.2. The van der Waals surface area contributed by atoms with Crippen molar-refractivity contribution in [3.05, 3.63) is 43.3 Å². The van der Waals surface area contributed by atoms with E-state index in [9.17, 15) is 10.1 Å². The lowest BCUT2D eigenvalue weighted by atomic mass is 10.3. The first-order valence-corrected chi connectivity index (χ1v) is 6.46. The van der Waals surface area contributed by atoms with Crippen LogP contribution in [-0.4, -0.2) is 15.1 Å². The quantitative estimate of drug-likeness (QED) is 0.637. The number of rotatable bonds is 3. The third kappa shape index (κ3) is 3.18. The summed E-state index contributed by atoms with van der Waals surface area (Å²) in [6, 6.07) is 5.76. The van der Waals surface area contributed by atoms with Crippen molar-refractivity contribution in [3.63, 3.8) is 0 Å². The number of nitrogens with two attached hydrogens (primary N) is 1. The van der Waals surface area contributed by atoms with Crippen LogP contribution < -0.4 is 10.5 Å². The van der Waals surface area contributed by atoms with Crippen LogP contribution >= 0.6 is 31.9 Å². The van der Waals surface area contributed by atoms with Crippen LogP contribution in [0.3, 0.4) is 0 Å². The number of hydrogen-bond acceptors (Lipinski definition) is 6. The predicted octanol–water partition coefficient (Wildman–Crippen LogP) is 3.28. The van der Waals surface area contributed by atoms with Crippen LogP contribution in [0.4, 0.5) is 11.5 Å². The molecule has 2 N–H and O–H groups in total. The largest absolute Gasteiger partial charge is 0.435 e. The molecule has 0 atom stereocenters. The number of nitro groups is 1. The predicted molar refractivity (Wildman–Crippen MR) is 75.0 cm³/mol. The highest BCUT2D eigenvalue weighted by Gasteiger charge is 2.16. The number of nitrogen functional groups attached to an aromatic ring is 1. The Morgan fingerprint density at radius 2 is 1.84 bits per heavy atom. The summed E-state index contributed by atoms with van der Waals surface area (Å²) in [5.41, 5.74) is 5.35. The molecule has 19 heavy (non-hydrogen) atoms. The molecule has 0 unspecified atom stereocenters. The lowest BCUT2D eigenvalue weighted by Gasteiger charge is -2.08. The van der Waals surface area contributed by atoms with Crippen LogP contribution in [0.1, 0.15) is 0 Å². The van der Waals surface area contributed by atoms with Gasteiger partial charge in [-0.2, -0.15) is 0 Å². The molecule has 0 saturated carbocycles. The van der Waals surface area contributed by atoms with Crippen molar-refractivity contribution in [2.75, 3.05) is 5.73 Å². The van der Waals surface area contributed by atoms with E-state index in [-0.39, 0.29) is 17.4 Å². The third-order valence-electron chi connectivity index (χ3n) is 2.06. The van der Waals surface area contributed by atoms with Crippen LogP contribution in [0, 0.1) is 10.1 Å². The van der Waals surface area contributed by atoms with Crippen molar-refractivity contribution in [2.24, 2.45) is 0 Å². The topological polar surface area (TPSA) is 104 Å². The zero-order chi connectivity index (χ0) is 14.0. The highest BCUT2D eigenvalue weighted by Crippen LogP contribution is 2.39. The molecule has 0 aliphatic rings. The molecular weight excluding hydrogens is 384 g/mol. The Bertz CT molecular complexity index is 610. The Morgan fingerprint density at radius 3 is 2.32 bits per heavy atom. The van der Waals surface area contributed by atoms with Gasteiger partial charge in [-0.25, -0.2) is 0 Å². The minimum absolute atomic E-state index is 0.0607. The molecule has 7 nitrogen and oxygen atoms in total. The van der Waals surface area contributed by atoms with Gasteiger partial charge in [0.1, 0.15) is 5.82 Å². The lowest BCUT2D eigenvalue weighted by Crippen LogP contribution is -1.96. The monoisotopic (exact) mass is 388 g/mol. The van der Waals surface area contributed by atoms with Crippen molar-refractivity contribution < 1.29 is 9.66 Å². The number of nitro benzene ring substituents is 1. The molecule has 98 valence electrons. The Balaban J connectivity index is 2.35. The third-order valence-corrected chi connectivity index (χ3v) is 3.24. The van der Waals surface area contributed by atoms with Gasteiger partial charge in [0.15, 0.2) is 5.75 Å². The molecule has 0 fully saturated rings. The number of nitrogens with zero attached hydrogens (tertiary/aromatic N) is 3. The summed E-state index contributed by atoms with van der Waals surface area (Å²) in [7, 11) is 0. The van der Waals surface area contributed by atoms with E-state index in [1.165, 1.54) is 18.2 Å². The summed E-state index contributed by atoms with van der Waals surface area (Å²) in [5.74, 6) is 0.864. The number of hydrogen-bond donors (Lipinski definition) is 1. The first-order valence-electron chi connectivity index (χ1n) is 4.88. The van der Waals surface area contributed by atoms with Crippen molar-refractivity contribution in [1.29, 1.82) is 0 Å². The smallest absolute Gasteiger partial charge is 0.271 e. The molecule has 1 aromatic carbocycles. The molecule has 0 bridgehead atoms. The Hall–Kier alpha value is -1.74. The molecule has 0 aliphatic heterocycles. The molecule has 1 aromatic heterocycles. The van der Waals surface area contributed by atoms with E-state index in [2.05, 4.69) is 42.1 Å². The van der Waals surface area contributed by atoms with E-state index in [0.717, 1.165) is 0 Å².